The molecule has 0 saturated heterocycles. The molecule has 1 aromatic heterocycles. The fourth-order valence-electron chi connectivity index (χ4n) is 1.72. The molecule has 0 aliphatic heterocycles. The molecule has 0 fully saturated rings. The summed E-state index contributed by atoms with van der Waals surface area (Å²) in [6.07, 6.45) is 0.330. The van der Waals surface area contributed by atoms with E-state index in [0.717, 1.165) is 22.3 Å². The summed E-state index contributed by atoms with van der Waals surface area (Å²) >= 11 is 0. The smallest absolute Gasteiger partial charge is 0.120 e. The van der Waals surface area contributed by atoms with Gasteiger partial charge in [0.25, 0.3) is 0 Å². The van der Waals surface area contributed by atoms with Crippen molar-refractivity contribution < 1.29 is 9.84 Å². The molecule has 2 N–H and O–H groups in total. The van der Waals surface area contributed by atoms with Gasteiger partial charge < -0.3 is 14.8 Å². The highest BCUT2D eigenvalue weighted by Crippen LogP contribution is 2.21. The fourth-order valence-corrected chi connectivity index (χ4v) is 1.72. The van der Waals surface area contributed by atoms with Gasteiger partial charge in [-0.15, -0.1) is 0 Å². The van der Waals surface area contributed by atoms with E-state index in [1.54, 1.807) is 14.0 Å². The van der Waals surface area contributed by atoms with Crippen LogP contribution in [-0.2, 0) is 6.42 Å². The lowest BCUT2D eigenvalue weighted by Crippen LogP contribution is -2.03. The van der Waals surface area contributed by atoms with Crippen LogP contribution in [0.15, 0.2) is 24.3 Å². The molecule has 80 valence electrons. The van der Waals surface area contributed by atoms with Crippen LogP contribution >= 0.6 is 0 Å². The molecule has 2 aromatic rings. The number of aliphatic hydroxyl groups excluding tert-OH is 1. The van der Waals surface area contributed by atoms with Crippen LogP contribution in [0.4, 0.5) is 0 Å². The molecular weight excluding hydrogens is 190 g/mol. The predicted octanol–water partition coefficient (Wildman–Crippen LogP) is 2.10. The largest absolute Gasteiger partial charge is 0.497 e. The first-order chi connectivity index (χ1) is 7.19. The number of aromatic amines is 1. The molecule has 1 aromatic carbocycles. The van der Waals surface area contributed by atoms with E-state index in [1.165, 1.54) is 0 Å². The second-order valence-electron chi connectivity index (χ2n) is 3.80. The van der Waals surface area contributed by atoms with Gasteiger partial charge in [-0.05, 0) is 30.5 Å². The second-order valence-corrected chi connectivity index (χ2v) is 3.80. The number of ether oxygens (including phenoxy) is 1. The number of fused-ring (bicyclic) bond motifs is 1. The predicted molar refractivity (Wildman–Crippen MR) is 60.2 cm³/mol. The van der Waals surface area contributed by atoms with Crippen molar-refractivity contribution in [1.29, 1.82) is 0 Å². The zero-order valence-corrected chi connectivity index (χ0v) is 8.95. The van der Waals surface area contributed by atoms with E-state index in [2.05, 4.69) is 11.1 Å². The van der Waals surface area contributed by atoms with E-state index in [1.807, 2.05) is 18.2 Å². The van der Waals surface area contributed by atoms with Crippen LogP contribution in [0, 0.1) is 0 Å². The van der Waals surface area contributed by atoms with E-state index >= 15 is 0 Å². The zero-order chi connectivity index (χ0) is 10.8. The van der Waals surface area contributed by atoms with Gasteiger partial charge in [-0.1, -0.05) is 0 Å². The summed E-state index contributed by atoms with van der Waals surface area (Å²) in [6, 6.07) is 7.96. The summed E-state index contributed by atoms with van der Waals surface area (Å²) in [7, 11) is 1.65. The second kappa shape index (κ2) is 3.95. The molecule has 0 spiro atoms. The quantitative estimate of drug-likeness (QED) is 0.806. The number of benzene rings is 1. The maximum absolute atomic E-state index is 9.29. The molecule has 1 heterocycles. The van der Waals surface area contributed by atoms with E-state index in [-0.39, 0.29) is 6.10 Å². The minimum absolute atomic E-state index is 0.319. The van der Waals surface area contributed by atoms with Crippen molar-refractivity contribution in [3.05, 3.63) is 30.0 Å². The topological polar surface area (TPSA) is 45.2 Å². The summed E-state index contributed by atoms with van der Waals surface area (Å²) in [5.41, 5.74) is 2.10. The lowest BCUT2D eigenvalue weighted by Gasteiger charge is -1.99. The van der Waals surface area contributed by atoms with E-state index in [0.29, 0.717) is 6.42 Å². The van der Waals surface area contributed by atoms with Gasteiger partial charge in [-0.25, -0.2) is 0 Å². The third-order valence-corrected chi connectivity index (χ3v) is 2.40. The van der Waals surface area contributed by atoms with Crippen molar-refractivity contribution in [2.75, 3.05) is 7.11 Å². The maximum Gasteiger partial charge on any atom is 0.120 e. The summed E-state index contributed by atoms with van der Waals surface area (Å²) in [5.74, 6) is 0.841. The Bertz CT molecular complexity index is 460. The molecular formula is C12H15NO2. The lowest BCUT2D eigenvalue weighted by atomic mass is 10.2. The SMILES string of the molecule is COc1ccc2cc(CC(C)O)[nH]c2c1. The van der Waals surface area contributed by atoms with Crippen molar-refractivity contribution in [2.24, 2.45) is 0 Å². The Balaban J connectivity index is 2.37. The Morgan fingerprint density at radius 2 is 2.20 bits per heavy atom. The van der Waals surface area contributed by atoms with Crippen LogP contribution in [-0.4, -0.2) is 23.3 Å². The Morgan fingerprint density at radius 3 is 2.87 bits per heavy atom. The highest BCUT2D eigenvalue weighted by molar-refractivity contribution is 5.81. The monoisotopic (exact) mass is 205 g/mol. The first kappa shape index (κ1) is 10.1. The first-order valence-electron chi connectivity index (χ1n) is 5.03. The third kappa shape index (κ3) is 2.13. The van der Waals surface area contributed by atoms with Gasteiger partial charge in [0, 0.05) is 23.7 Å². The minimum atomic E-state index is -0.319. The number of aliphatic hydroxyl groups is 1. The van der Waals surface area contributed by atoms with E-state index < -0.39 is 0 Å². The van der Waals surface area contributed by atoms with Crippen LogP contribution in [0.2, 0.25) is 0 Å². The fraction of sp³-hybridized carbons (Fsp3) is 0.333. The summed E-state index contributed by atoms with van der Waals surface area (Å²) in [6.45, 7) is 1.78. The van der Waals surface area contributed by atoms with Crippen LogP contribution in [0.25, 0.3) is 10.9 Å². The minimum Gasteiger partial charge on any atom is -0.497 e. The molecule has 0 aliphatic carbocycles. The number of hydrogen-bond acceptors (Lipinski definition) is 2. The maximum atomic E-state index is 9.29. The van der Waals surface area contributed by atoms with Gasteiger partial charge in [-0.2, -0.15) is 0 Å². The van der Waals surface area contributed by atoms with Gasteiger partial charge in [0.05, 0.1) is 13.2 Å². The average Bonchev–Trinajstić information content (AvgIpc) is 2.57. The van der Waals surface area contributed by atoms with Crippen molar-refractivity contribution in [3.63, 3.8) is 0 Å². The van der Waals surface area contributed by atoms with Crippen LogP contribution in [0.5, 0.6) is 5.75 Å². The molecule has 15 heavy (non-hydrogen) atoms. The zero-order valence-electron chi connectivity index (χ0n) is 8.95. The molecule has 0 bridgehead atoms. The van der Waals surface area contributed by atoms with Gasteiger partial charge in [0.1, 0.15) is 5.75 Å². The summed E-state index contributed by atoms with van der Waals surface area (Å²) in [5, 5.41) is 10.4. The van der Waals surface area contributed by atoms with Crippen LogP contribution < -0.4 is 4.74 Å². The van der Waals surface area contributed by atoms with Crippen molar-refractivity contribution in [3.8, 4) is 5.75 Å². The Morgan fingerprint density at radius 1 is 1.40 bits per heavy atom. The number of methoxy groups -OCH3 is 1. The summed E-state index contributed by atoms with van der Waals surface area (Å²) < 4.78 is 5.14. The molecule has 3 heteroatoms. The number of rotatable bonds is 3. The van der Waals surface area contributed by atoms with Gasteiger partial charge >= 0.3 is 0 Å². The van der Waals surface area contributed by atoms with Gasteiger partial charge in [-0.3, -0.25) is 0 Å². The lowest BCUT2D eigenvalue weighted by molar-refractivity contribution is 0.194. The number of aromatic nitrogens is 1. The Labute approximate surface area is 88.7 Å². The van der Waals surface area contributed by atoms with Crippen LogP contribution in [0.3, 0.4) is 0 Å². The molecule has 1 unspecified atom stereocenters. The third-order valence-electron chi connectivity index (χ3n) is 2.40. The molecule has 1 atom stereocenters. The number of hydrogen-bond donors (Lipinski definition) is 2. The highest BCUT2D eigenvalue weighted by Gasteiger charge is 2.04. The van der Waals surface area contributed by atoms with Crippen molar-refractivity contribution >= 4 is 10.9 Å². The first-order valence-corrected chi connectivity index (χ1v) is 5.03. The average molecular weight is 205 g/mol. The molecule has 0 amide bonds. The molecule has 3 nitrogen and oxygen atoms in total. The number of nitrogens with one attached hydrogen (secondary N) is 1. The van der Waals surface area contributed by atoms with Crippen LogP contribution in [0.1, 0.15) is 12.6 Å². The number of H-pyrrole nitrogens is 1. The van der Waals surface area contributed by atoms with Gasteiger partial charge in [0.2, 0.25) is 0 Å². The normalized spacial score (nSPS) is 13.0. The van der Waals surface area contributed by atoms with E-state index in [4.69, 9.17) is 4.74 Å². The molecule has 0 radical (unpaired) electrons. The molecule has 2 rings (SSSR count). The summed E-state index contributed by atoms with van der Waals surface area (Å²) in [4.78, 5) is 3.26. The Kier molecular flexibility index (Phi) is 2.64. The van der Waals surface area contributed by atoms with Gasteiger partial charge in [0.15, 0.2) is 0 Å². The Hall–Kier alpha value is -1.48. The molecule has 0 saturated carbocycles. The van der Waals surface area contributed by atoms with Crippen molar-refractivity contribution in [2.45, 2.75) is 19.4 Å². The highest BCUT2D eigenvalue weighted by atomic mass is 16.5. The molecule has 0 aliphatic rings. The van der Waals surface area contributed by atoms with Crippen molar-refractivity contribution in [1.82, 2.24) is 4.98 Å². The standard InChI is InChI=1S/C12H15NO2/c1-8(14)5-10-6-9-3-4-11(15-2)7-12(9)13-10/h3-4,6-8,13-14H,5H2,1-2H3. The van der Waals surface area contributed by atoms with E-state index in [9.17, 15) is 5.11 Å².